The number of benzene rings is 2. The van der Waals surface area contributed by atoms with Gasteiger partial charge < -0.3 is 19.4 Å². The van der Waals surface area contributed by atoms with Crippen LogP contribution < -0.4 is 10.1 Å². The molecular formula is C26H35N3O3. The van der Waals surface area contributed by atoms with Gasteiger partial charge in [0.1, 0.15) is 11.6 Å². The van der Waals surface area contributed by atoms with Crippen LogP contribution in [0.3, 0.4) is 0 Å². The molecule has 0 bridgehead atoms. The minimum atomic E-state index is -0.0800. The molecule has 0 saturated carbocycles. The number of carbonyl (C=O) groups is 1. The molecule has 32 heavy (non-hydrogen) atoms. The number of rotatable bonds is 13. The van der Waals surface area contributed by atoms with E-state index in [0.29, 0.717) is 13.2 Å². The standard InChI is InChI=1S/C26H35N3O3/c1-4-31-17-16-29-23-11-8-7-10-22(23)28-25(29)12-6-5-9-15-27-26(30)19-32-24-18-20(2)13-14-21(24)3/h7-8,10-11,13-14,18H,4-6,9,12,15-17,19H2,1-3H3,(H,27,30). The average molecular weight is 438 g/mol. The van der Waals surface area contributed by atoms with E-state index in [1.807, 2.05) is 45.0 Å². The van der Waals surface area contributed by atoms with E-state index in [-0.39, 0.29) is 12.5 Å². The van der Waals surface area contributed by atoms with Crippen molar-refractivity contribution in [2.24, 2.45) is 0 Å². The summed E-state index contributed by atoms with van der Waals surface area (Å²) in [7, 11) is 0. The molecule has 1 amide bonds. The fourth-order valence-corrected chi connectivity index (χ4v) is 3.74. The molecule has 3 aromatic rings. The molecular weight excluding hydrogens is 402 g/mol. The Labute approximate surface area is 190 Å². The zero-order valence-corrected chi connectivity index (χ0v) is 19.5. The number of imidazole rings is 1. The molecule has 0 aliphatic carbocycles. The van der Waals surface area contributed by atoms with Crippen LogP contribution in [0.2, 0.25) is 0 Å². The van der Waals surface area contributed by atoms with Crippen LogP contribution in [-0.2, 0) is 22.5 Å². The van der Waals surface area contributed by atoms with Gasteiger partial charge in [0.15, 0.2) is 6.61 Å². The second kappa shape index (κ2) is 12.2. The molecule has 172 valence electrons. The fourth-order valence-electron chi connectivity index (χ4n) is 3.74. The number of nitrogens with zero attached hydrogens (tertiary/aromatic N) is 2. The van der Waals surface area contributed by atoms with Crippen LogP contribution in [0.1, 0.15) is 43.1 Å². The Morgan fingerprint density at radius 2 is 1.94 bits per heavy atom. The van der Waals surface area contributed by atoms with Gasteiger partial charge in [-0.3, -0.25) is 4.79 Å². The second-order valence-corrected chi connectivity index (χ2v) is 8.08. The van der Waals surface area contributed by atoms with Gasteiger partial charge in [-0.05, 0) is 62.9 Å². The summed E-state index contributed by atoms with van der Waals surface area (Å²) >= 11 is 0. The van der Waals surface area contributed by atoms with Crippen molar-refractivity contribution in [2.75, 3.05) is 26.4 Å². The number of ether oxygens (including phenoxy) is 2. The first-order valence-electron chi connectivity index (χ1n) is 11.6. The van der Waals surface area contributed by atoms with Gasteiger partial charge in [0.25, 0.3) is 5.91 Å². The highest BCUT2D eigenvalue weighted by Crippen LogP contribution is 2.19. The molecule has 0 aliphatic rings. The Bertz CT molecular complexity index is 1010. The van der Waals surface area contributed by atoms with Gasteiger partial charge in [-0.25, -0.2) is 4.98 Å². The molecule has 0 atom stereocenters. The number of para-hydroxylation sites is 2. The molecule has 0 fully saturated rings. The number of carbonyl (C=O) groups excluding carboxylic acids is 1. The van der Waals surface area contributed by atoms with Crippen molar-refractivity contribution in [1.29, 1.82) is 0 Å². The Morgan fingerprint density at radius 3 is 2.78 bits per heavy atom. The van der Waals surface area contributed by atoms with Crippen molar-refractivity contribution in [3.8, 4) is 5.75 Å². The zero-order valence-electron chi connectivity index (χ0n) is 19.5. The summed E-state index contributed by atoms with van der Waals surface area (Å²) in [6.07, 6.45) is 3.93. The van der Waals surface area contributed by atoms with Gasteiger partial charge >= 0.3 is 0 Å². The summed E-state index contributed by atoms with van der Waals surface area (Å²) in [5.41, 5.74) is 4.36. The van der Waals surface area contributed by atoms with Crippen molar-refractivity contribution in [2.45, 2.75) is 53.0 Å². The number of nitrogens with one attached hydrogen (secondary N) is 1. The summed E-state index contributed by atoms with van der Waals surface area (Å²) < 4.78 is 13.5. The van der Waals surface area contributed by atoms with Gasteiger partial charge in [0, 0.05) is 26.1 Å². The number of aromatic nitrogens is 2. The molecule has 0 saturated heterocycles. The monoisotopic (exact) mass is 437 g/mol. The molecule has 0 unspecified atom stereocenters. The van der Waals surface area contributed by atoms with Gasteiger partial charge in [0.2, 0.25) is 0 Å². The molecule has 0 spiro atoms. The lowest BCUT2D eigenvalue weighted by Gasteiger charge is -2.11. The van der Waals surface area contributed by atoms with Gasteiger partial charge in [0.05, 0.1) is 17.6 Å². The van der Waals surface area contributed by atoms with Crippen LogP contribution in [0.15, 0.2) is 42.5 Å². The summed E-state index contributed by atoms with van der Waals surface area (Å²) in [5.74, 6) is 1.80. The summed E-state index contributed by atoms with van der Waals surface area (Å²) in [5, 5.41) is 2.95. The predicted octanol–water partition coefficient (Wildman–Crippen LogP) is 4.60. The Kier molecular flexibility index (Phi) is 9.11. The van der Waals surface area contributed by atoms with Gasteiger partial charge in [-0.15, -0.1) is 0 Å². The topological polar surface area (TPSA) is 65.4 Å². The lowest BCUT2D eigenvalue weighted by Crippen LogP contribution is -2.29. The maximum Gasteiger partial charge on any atom is 0.257 e. The molecule has 6 heteroatoms. The molecule has 6 nitrogen and oxygen atoms in total. The van der Waals surface area contributed by atoms with E-state index >= 15 is 0 Å². The zero-order chi connectivity index (χ0) is 22.8. The largest absolute Gasteiger partial charge is 0.483 e. The number of hydrogen-bond acceptors (Lipinski definition) is 4. The minimum Gasteiger partial charge on any atom is -0.483 e. The lowest BCUT2D eigenvalue weighted by molar-refractivity contribution is -0.123. The van der Waals surface area contributed by atoms with Crippen LogP contribution in [0, 0.1) is 13.8 Å². The molecule has 1 heterocycles. The Balaban J connectivity index is 1.38. The molecule has 0 radical (unpaired) electrons. The number of aryl methyl sites for hydroxylation is 3. The van der Waals surface area contributed by atoms with Crippen molar-refractivity contribution < 1.29 is 14.3 Å². The van der Waals surface area contributed by atoms with Crippen LogP contribution >= 0.6 is 0 Å². The SMILES string of the molecule is CCOCCn1c(CCCCCNC(=O)COc2cc(C)ccc2C)nc2ccccc21. The van der Waals surface area contributed by atoms with E-state index in [1.54, 1.807) is 0 Å². The normalized spacial score (nSPS) is 11.1. The Morgan fingerprint density at radius 1 is 1.09 bits per heavy atom. The highest BCUT2D eigenvalue weighted by molar-refractivity contribution is 5.77. The van der Waals surface area contributed by atoms with Gasteiger partial charge in [-0.2, -0.15) is 0 Å². The smallest absolute Gasteiger partial charge is 0.257 e. The maximum absolute atomic E-state index is 12.1. The molecule has 2 aromatic carbocycles. The van der Waals surface area contributed by atoms with Crippen LogP contribution in [-0.4, -0.2) is 41.8 Å². The van der Waals surface area contributed by atoms with Crippen molar-refractivity contribution >= 4 is 16.9 Å². The van der Waals surface area contributed by atoms with Crippen molar-refractivity contribution in [1.82, 2.24) is 14.9 Å². The first kappa shape index (κ1) is 23.8. The third-order valence-corrected chi connectivity index (χ3v) is 5.50. The predicted molar refractivity (Wildman–Crippen MR) is 128 cm³/mol. The van der Waals surface area contributed by atoms with E-state index in [9.17, 15) is 4.79 Å². The van der Waals surface area contributed by atoms with Crippen LogP contribution in [0.5, 0.6) is 5.75 Å². The first-order valence-corrected chi connectivity index (χ1v) is 11.6. The average Bonchev–Trinajstić information content (AvgIpc) is 3.14. The fraction of sp³-hybridized carbons (Fsp3) is 0.462. The third kappa shape index (κ3) is 6.82. The maximum atomic E-state index is 12.1. The summed E-state index contributed by atoms with van der Waals surface area (Å²) in [6, 6.07) is 14.3. The highest BCUT2D eigenvalue weighted by Gasteiger charge is 2.10. The van der Waals surface area contributed by atoms with E-state index in [1.165, 1.54) is 5.52 Å². The Hall–Kier alpha value is -2.86. The molecule has 1 aromatic heterocycles. The number of unbranched alkanes of at least 4 members (excludes halogenated alkanes) is 2. The lowest BCUT2D eigenvalue weighted by atomic mass is 10.1. The number of fused-ring (bicyclic) bond motifs is 1. The molecule has 1 N–H and O–H groups in total. The van der Waals surface area contributed by atoms with E-state index in [4.69, 9.17) is 14.5 Å². The summed E-state index contributed by atoms with van der Waals surface area (Å²) in [4.78, 5) is 16.9. The van der Waals surface area contributed by atoms with Gasteiger partial charge in [-0.1, -0.05) is 30.7 Å². The second-order valence-electron chi connectivity index (χ2n) is 8.08. The third-order valence-electron chi connectivity index (χ3n) is 5.50. The minimum absolute atomic E-state index is 0.0498. The molecule has 3 rings (SSSR count). The van der Waals surface area contributed by atoms with Crippen LogP contribution in [0.4, 0.5) is 0 Å². The van der Waals surface area contributed by atoms with Crippen molar-refractivity contribution in [3.63, 3.8) is 0 Å². The van der Waals surface area contributed by atoms with E-state index in [2.05, 4.69) is 28.1 Å². The van der Waals surface area contributed by atoms with Crippen molar-refractivity contribution in [3.05, 3.63) is 59.4 Å². The first-order chi connectivity index (χ1) is 15.6. The van der Waals surface area contributed by atoms with E-state index < -0.39 is 0 Å². The molecule has 0 aliphatic heterocycles. The number of amides is 1. The quantitative estimate of drug-likeness (QED) is 0.397. The highest BCUT2D eigenvalue weighted by atomic mass is 16.5. The number of hydrogen-bond donors (Lipinski definition) is 1. The summed E-state index contributed by atoms with van der Waals surface area (Å²) in [6.45, 7) is 8.97. The van der Waals surface area contributed by atoms with E-state index in [0.717, 1.165) is 67.1 Å². The van der Waals surface area contributed by atoms with Crippen LogP contribution in [0.25, 0.3) is 11.0 Å².